The highest BCUT2D eigenvalue weighted by Gasteiger charge is 2.35. The van der Waals surface area contributed by atoms with Gasteiger partial charge in [-0.2, -0.15) is 0 Å². The number of aryl methyl sites for hydroxylation is 2. The maximum Gasteiger partial charge on any atom is 0.160 e. The lowest BCUT2D eigenvalue weighted by atomic mass is 9.89. The predicted octanol–water partition coefficient (Wildman–Crippen LogP) is 6.56. The van der Waals surface area contributed by atoms with Crippen LogP contribution in [0.3, 0.4) is 0 Å². The minimum absolute atomic E-state index is 0.245. The zero-order valence-corrected chi connectivity index (χ0v) is 22.2. The van der Waals surface area contributed by atoms with Crippen molar-refractivity contribution in [2.45, 2.75) is 55.4 Å². The summed E-state index contributed by atoms with van der Waals surface area (Å²) in [5, 5.41) is 0. The van der Waals surface area contributed by atoms with Crippen LogP contribution in [-0.2, 0) is 23.3 Å². The van der Waals surface area contributed by atoms with Crippen LogP contribution in [0.1, 0.15) is 54.4 Å². The highest BCUT2D eigenvalue weighted by molar-refractivity contribution is 8.18. The fourth-order valence-corrected chi connectivity index (χ4v) is 8.47. The van der Waals surface area contributed by atoms with Gasteiger partial charge in [-0.1, -0.05) is 24.3 Å². The third-order valence-electron chi connectivity index (χ3n) is 7.02. The van der Waals surface area contributed by atoms with E-state index in [1.54, 1.807) is 30.9 Å². The standard InChI is InChI=1S/C28H39NO2S2/c1-29(17-14-22-10-13-26(30-2)27(20-22)31-3)16-6-15-28(32-18-7-19-33-28)25-12-11-23-8-4-5-9-24(23)21-25/h10-13,20-21H,4-9,14-19H2,1-3H3. The number of hydrogen-bond acceptors (Lipinski definition) is 5. The van der Waals surface area contributed by atoms with Crippen LogP contribution in [0, 0.1) is 0 Å². The average Bonchev–Trinajstić information content (AvgIpc) is 2.87. The molecule has 33 heavy (non-hydrogen) atoms. The number of ether oxygens (including phenoxy) is 2. The molecule has 4 rings (SSSR count). The van der Waals surface area contributed by atoms with Gasteiger partial charge in [0.05, 0.1) is 18.3 Å². The van der Waals surface area contributed by atoms with Crippen LogP contribution in [0.2, 0.25) is 0 Å². The Morgan fingerprint density at radius 2 is 1.61 bits per heavy atom. The summed E-state index contributed by atoms with van der Waals surface area (Å²) in [6, 6.07) is 13.7. The average molecular weight is 486 g/mol. The first-order chi connectivity index (χ1) is 16.1. The van der Waals surface area contributed by atoms with Gasteiger partial charge in [0.2, 0.25) is 0 Å². The van der Waals surface area contributed by atoms with Crippen LogP contribution in [0.4, 0.5) is 0 Å². The largest absolute Gasteiger partial charge is 0.493 e. The number of likely N-dealkylation sites (N-methyl/N-ethyl adjacent to an activating group) is 1. The highest BCUT2D eigenvalue weighted by Crippen LogP contribution is 2.53. The highest BCUT2D eigenvalue weighted by atomic mass is 32.2. The first-order valence-corrected chi connectivity index (χ1v) is 14.4. The maximum atomic E-state index is 5.46. The van der Waals surface area contributed by atoms with Gasteiger partial charge in [0.15, 0.2) is 11.5 Å². The lowest BCUT2D eigenvalue weighted by Crippen LogP contribution is -2.27. The lowest BCUT2D eigenvalue weighted by molar-refractivity contribution is 0.327. The molecule has 3 nitrogen and oxygen atoms in total. The Morgan fingerprint density at radius 1 is 0.848 bits per heavy atom. The van der Waals surface area contributed by atoms with Crippen molar-refractivity contribution in [3.05, 3.63) is 58.7 Å². The molecule has 2 aliphatic rings. The number of methoxy groups -OCH3 is 2. The molecule has 1 aliphatic heterocycles. The molecule has 0 spiro atoms. The van der Waals surface area contributed by atoms with E-state index in [1.807, 2.05) is 6.07 Å². The van der Waals surface area contributed by atoms with E-state index in [4.69, 9.17) is 9.47 Å². The fourth-order valence-electron chi connectivity index (χ4n) is 5.05. The third-order valence-corrected chi connectivity index (χ3v) is 10.5. The molecule has 2 aromatic rings. The van der Waals surface area contributed by atoms with E-state index < -0.39 is 0 Å². The summed E-state index contributed by atoms with van der Waals surface area (Å²) >= 11 is 4.41. The molecule has 0 unspecified atom stereocenters. The monoisotopic (exact) mass is 485 g/mol. The molecule has 0 N–H and O–H groups in total. The van der Waals surface area contributed by atoms with Crippen LogP contribution in [0.15, 0.2) is 36.4 Å². The van der Waals surface area contributed by atoms with Gasteiger partial charge in [-0.25, -0.2) is 0 Å². The van der Waals surface area contributed by atoms with Gasteiger partial charge in [-0.15, -0.1) is 23.5 Å². The maximum absolute atomic E-state index is 5.46. The van der Waals surface area contributed by atoms with E-state index in [0.717, 1.165) is 31.0 Å². The fraction of sp³-hybridized carbons (Fsp3) is 0.571. The number of hydrogen-bond donors (Lipinski definition) is 0. The molecule has 0 amide bonds. The topological polar surface area (TPSA) is 21.7 Å². The molecule has 0 radical (unpaired) electrons. The van der Waals surface area contributed by atoms with Gasteiger partial charge in [-0.3, -0.25) is 0 Å². The Balaban J connectivity index is 1.33. The molecule has 0 bridgehead atoms. The molecule has 1 aliphatic carbocycles. The van der Waals surface area contributed by atoms with Crippen molar-refractivity contribution in [3.63, 3.8) is 0 Å². The number of nitrogens with zero attached hydrogens (tertiary/aromatic N) is 1. The van der Waals surface area contributed by atoms with E-state index in [9.17, 15) is 0 Å². The lowest BCUT2D eigenvalue weighted by Gasteiger charge is -2.38. The normalized spacial score (nSPS) is 17.6. The predicted molar refractivity (Wildman–Crippen MR) is 144 cm³/mol. The zero-order valence-electron chi connectivity index (χ0n) is 20.5. The Kier molecular flexibility index (Phi) is 8.95. The number of rotatable bonds is 10. The first kappa shape index (κ1) is 24.8. The second kappa shape index (κ2) is 11.9. The van der Waals surface area contributed by atoms with Gasteiger partial charge >= 0.3 is 0 Å². The van der Waals surface area contributed by atoms with E-state index in [1.165, 1.54) is 62.0 Å². The molecule has 180 valence electrons. The van der Waals surface area contributed by atoms with Crippen molar-refractivity contribution < 1.29 is 9.47 Å². The summed E-state index contributed by atoms with van der Waals surface area (Å²) in [6.45, 7) is 2.20. The summed E-state index contributed by atoms with van der Waals surface area (Å²) in [5.74, 6) is 4.19. The van der Waals surface area contributed by atoms with Crippen molar-refractivity contribution in [2.24, 2.45) is 0 Å². The SMILES string of the molecule is COc1ccc(CCN(C)CCCC2(c3ccc4c(c3)CCCC4)SCCCS2)cc1OC. The van der Waals surface area contributed by atoms with Gasteiger partial charge in [-0.05, 0) is 111 Å². The van der Waals surface area contributed by atoms with Gasteiger partial charge in [0, 0.05) is 6.54 Å². The van der Waals surface area contributed by atoms with E-state index in [0.29, 0.717) is 0 Å². The summed E-state index contributed by atoms with van der Waals surface area (Å²) in [6.07, 6.45) is 10.1. The zero-order chi connectivity index (χ0) is 23.1. The molecular weight excluding hydrogens is 446 g/mol. The van der Waals surface area contributed by atoms with Crippen LogP contribution in [0.5, 0.6) is 11.5 Å². The number of benzene rings is 2. The number of thioether (sulfide) groups is 2. The summed E-state index contributed by atoms with van der Waals surface area (Å²) in [4.78, 5) is 2.48. The van der Waals surface area contributed by atoms with E-state index >= 15 is 0 Å². The Hall–Kier alpha value is -1.30. The minimum atomic E-state index is 0.245. The van der Waals surface area contributed by atoms with E-state index in [2.05, 4.69) is 65.8 Å². The van der Waals surface area contributed by atoms with Gasteiger partial charge in [0.1, 0.15) is 0 Å². The van der Waals surface area contributed by atoms with E-state index in [-0.39, 0.29) is 4.08 Å². The smallest absolute Gasteiger partial charge is 0.160 e. The molecule has 2 aromatic carbocycles. The van der Waals surface area contributed by atoms with Crippen LogP contribution >= 0.6 is 23.5 Å². The van der Waals surface area contributed by atoms with Crippen LogP contribution in [-0.4, -0.2) is 50.8 Å². The van der Waals surface area contributed by atoms with Crippen molar-refractivity contribution in [3.8, 4) is 11.5 Å². The molecule has 5 heteroatoms. The summed E-state index contributed by atoms with van der Waals surface area (Å²) in [5.41, 5.74) is 6.09. The Bertz CT molecular complexity index is 911. The van der Waals surface area contributed by atoms with Crippen molar-refractivity contribution >= 4 is 23.5 Å². The third kappa shape index (κ3) is 6.23. The first-order valence-electron chi connectivity index (χ1n) is 12.4. The molecule has 0 saturated carbocycles. The van der Waals surface area contributed by atoms with Gasteiger partial charge in [0.25, 0.3) is 0 Å². The molecule has 1 saturated heterocycles. The number of fused-ring (bicyclic) bond motifs is 1. The minimum Gasteiger partial charge on any atom is -0.493 e. The van der Waals surface area contributed by atoms with Crippen LogP contribution < -0.4 is 9.47 Å². The Morgan fingerprint density at radius 3 is 2.36 bits per heavy atom. The second-order valence-electron chi connectivity index (χ2n) is 9.34. The summed E-state index contributed by atoms with van der Waals surface area (Å²) < 4.78 is 11.1. The van der Waals surface area contributed by atoms with Crippen molar-refractivity contribution in [1.29, 1.82) is 0 Å². The molecule has 1 fully saturated rings. The van der Waals surface area contributed by atoms with Crippen LogP contribution in [0.25, 0.3) is 0 Å². The quantitative estimate of drug-likeness (QED) is 0.379. The van der Waals surface area contributed by atoms with Gasteiger partial charge < -0.3 is 14.4 Å². The van der Waals surface area contributed by atoms with Crippen molar-refractivity contribution in [2.75, 3.05) is 45.9 Å². The summed E-state index contributed by atoms with van der Waals surface area (Å²) in [7, 11) is 5.64. The molecule has 1 heterocycles. The van der Waals surface area contributed by atoms with Crippen molar-refractivity contribution in [1.82, 2.24) is 4.90 Å². The second-order valence-corrected chi connectivity index (χ2v) is 12.4. The molecular formula is C28H39NO2S2. The molecule has 0 aromatic heterocycles. The molecule has 0 atom stereocenters. The Labute approximate surface area is 209 Å².